The average Bonchev–Trinajstić information content (AvgIpc) is 2.76. The van der Waals surface area contributed by atoms with E-state index in [2.05, 4.69) is 10.6 Å². The van der Waals surface area contributed by atoms with Gasteiger partial charge in [-0.05, 0) is 38.8 Å². The highest BCUT2D eigenvalue weighted by molar-refractivity contribution is 6.00. The Morgan fingerprint density at radius 1 is 1.52 bits per heavy atom. The number of hydrogen-bond donors (Lipinski definition) is 2. The van der Waals surface area contributed by atoms with Crippen molar-refractivity contribution in [2.24, 2.45) is 0 Å². The van der Waals surface area contributed by atoms with Gasteiger partial charge in [-0.25, -0.2) is 4.39 Å². The van der Waals surface area contributed by atoms with Crippen LogP contribution in [-0.2, 0) is 4.74 Å². The number of carbonyl (C=O) groups is 1. The molecule has 2 atom stereocenters. The van der Waals surface area contributed by atoms with Gasteiger partial charge in [0.2, 0.25) is 0 Å². The van der Waals surface area contributed by atoms with E-state index >= 15 is 0 Å². The van der Waals surface area contributed by atoms with Crippen molar-refractivity contribution in [1.29, 1.82) is 0 Å². The molecule has 116 valence electrons. The third-order valence-corrected chi connectivity index (χ3v) is 4.10. The quantitative estimate of drug-likeness (QED) is 0.878. The van der Waals surface area contributed by atoms with Gasteiger partial charge in [0.1, 0.15) is 5.82 Å². The fourth-order valence-electron chi connectivity index (χ4n) is 2.47. The number of nitrogens with one attached hydrogen (secondary N) is 2. The third kappa shape index (κ3) is 3.35. The lowest BCUT2D eigenvalue weighted by Crippen LogP contribution is -2.50. The monoisotopic (exact) mass is 294 g/mol. The highest BCUT2D eigenvalue weighted by Crippen LogP contribution is 2.27. The van der Waals surface area contributed by atoms with Gasteiger partial charge in [0, 0.05) is 13.2 Å². The lowest BCUT2D eigenvalue weighted by Gasteiger charge is -2.29. The molecule has 2 unspecified atom stereocenters. The summed E-state index contributed by atoms with van der Waals surface area (Å²) >= 11 is 0. The molecule has 0 bridgehead atoms. The smallest absolute Gasteiger partial charge is 0.254 e. The predicted molar refractivity (Wildman–Crippen MR) is 81.1 cm³/mol. The lowest BCUT2D eigenvalue weighted by atomic mass is 9.94. The minimum atomic E-state index is -0.411. The SMILES string of the molecule is CCCNc1c(F)cccc1C(=O)NC1(C)CCOC1C. The van der Waals surface area contributed by atoms with Crippen LogP contribution in [-0.4, -0.2) is 30.7 Å². The number of benzene rings is 1. The van der Waals surface area contributed by atoms with Crippen molar-refractivity contribution in [3.63, 3.8) is 0 Å². The van der Waals surface area contributed by atoms with Crippen LogP contribution in [0.15, 0.2) is 18.2 Å². The van der Waals surface area contributed by atoms with Gasteiger partial charge in [-0.2, -0.15) is 0 Å². The van der Waals surface area contributed by atoms with Crippen LogP contribution in [0.5, 0.6) is 0 Å². The summed E-state index contributed by atoms with van der Waals surface area (Å²) in [7, 11) is 0. The number of hydrogen-bond acceptors (Lipinski definition) is 3. The second-order valence-corrected chi connectivity index (χ2v) is 5.72. The van der Waals surface area contributed by atoms with Crippen molar-refractivity contribution >= 4 is 11.6 Å². The standard InChI is InChI=1S/C16H23FN2O2/c1-4-9-18-14-12(6-5-7-13(14)17)15(20)19-16(3)8-10-21-11(16)2/h5-7,11,18H,4,8-10H2,1-3H3,(H,19,20). The molecule has 2 N–H and O–H groups in total. The van der Waals surface area contributed by atoms with Crippen LogP contribution in [0.3, 0.4) is 0 Å². The Hall–Kier alpha value is -1.62. The van der Waals surface area contributed by atoms with Crippen molar-refractivity contribution in [1.82, 2.24) is 5.32 Å². The molecule has 0 spiro atoms. The van der Waals surface area contributed by atoms with Gasteiger partial charge >= 0.3 is 0 Å². The van der Waals surface area contributed by atoms with Gasteiger partial charge < -0.3 is 15.4 Å². The molecule has 0 aromatic heterocycles. The van der Waals surface area contributed by atoms with Gasteiger partial charge in [0.25, 0.3) is 5.91 Å². The summed E-state index contributed by atoms with van der Waals surface area (Å²) < 4.78 is 19.5. The number of rotatable bonds is 5. The summed E-state index contributed by atoms with van der Waals surface area (Å²) in [4.78, 5) is 12.5. The topological polar surface area (TPSA) is 50.4 Å². The maximum absolute atomic E-state index is 14.0. The Labute approximate surface area is 125 Å². The van der Waals surface area contributed by atoms with E-state index in [9.17, 15) is 9.18 Å². The molecule has 1 saturated heterocycles. The van der Waals surface area contributed by atoms with Crippen molar-refractivity contribution in [2.45, 2.75) is 45.3 Å². The highest BCUT2D eigenvalue weighted by Gasteiger charge is 2.38. The van der Waals surface area contributed by atoms with Crippen LogP contribution >= 0.6 is 0 Å². The highest BCUT2D eigenvalue weighted by atomic mass is 19.1. The summed E-state index contributed by atoms with van der Waals surface area (Å²) in [6.45, 7) is 7.14. The Bertz CT molecular complexity index is 521. The van der Waals surface area contributed by atoms with Crippen LogP contribution in [0.1, 0.15) is 44.0 Å². The van der Waals surface area contributed by atoms with Crippen molar-refractivity contribution < 1.29 is 13.9 Å². The van der Waals surface area contributed by atoms with Gasteiger partial charge in [0.05, 0.1) is 22.9 Å². The molecule has 0 saturated carbocycles. The molecule has 0 radical (unpaired) electrons. The zero-order valence-electron chi connectivity index (χ0n) is 12.8. The van der Waals surface area contributed by atoms with E-state index in [0.29, 0.717) is 18.7 Å². The first-order valence-electron chi connectivity index (χ1n) is 7.44. The number of anilines is 1. The molecular formula is C16H23FN2O2. The largest absolute Gasteiger partial charge is 0.382 e. The zero-order chi connectivity index (χ0) is 15.5. The number of amides is 1. The molecule has 2 rings (SSSR count). The first-order chi connectivity index (χ1) is 9.98. The fourth-order valence-corrected chi connectivity index (χ4v) is 2.47. The molecule has 1 aromatic carbocycles. The molecule has 5 heteroatoms. The normalized spacial score (nSPS) is 24.9. The fraction of sp³-hybridized carbons (Fsp3) is 0.562. The molecule has 21 heavy (non-hydrogen) atoms. The average molecular weight is 294 g/mol. The molecular weight excluding hydrogens is 271 g/mol. The minimum absolute atomic E-state index is 0.0536. The van der Waals surface area contributed by atoms with Crippen LogP contribution < -0.4 is 10.6 Å². The van der Waals surface area contributed by atoms with E-state index in [4.69, 9.17) is 4.74 Å². The van der Waals surface area contributed by atoms with E-state index in [0.717, 1.165) is 12.8 Å². The Morgan fingerprint density at radius 3 is 2.90 bits per heavy atom. The molecule has 1 aliphatic rings. The molecule has 1 heterocycles. The van der Waals surface area contributed by atoms with Crippen LogP contribution in [0.2, 0.25) is 0 Å². The molecule has 1 aliphatic heterocycles. The minimum Gasteiger partial charge on any atom is -0.382 e. The van der Waals surface area contributed by atoms with Crippen LogP contribution in [0.4, 0.5) is 10.1 Å². The second kappa shape index (κ2) is 6.43. The van der Waals surface area contributed by atoms with E-state index in [1.807, 2.05) is 20.8 Å². The maximum Gasteiger partial charge on any atom is 0.254 e. The third-order valence-electron chi connectivity index (χ3n) is 4.10. The van der Waals surface area contributed by atoms with Gasteiger partial charge in [-0.1, -0.05) is 13.0 Å². The van der Waals surface area contributed by atoms with Crippen LogP contribution in [0.25, 0.3) is 0 Å². The first kappa shape index (κ1) is 15.8. The van der Waals surface area contributed by atoms with E-state index in [1.165, 1.54) is 6.07 Å². The van der Waals surface area contributed by atoms with Crippen LogP contribution in [0, 0.1) is 5.82 Å². The number of ether oxygens (including phenoxy) is 1. The second-order valence-electron chi connectivity index (χ2n) is 5.72. The Morgan fingerprint density at radius 2 is 2.29 bits per heavy atom. The Kier molecular flexibility index (Phi) is 4.83. The number of halogens is 1. The van der Waals surface area contributed by atoms with E-state index in [-0.39, 0.29) is 17.7 Å². The van der Waals surface area contributed by atoms with Gasteiger partial charge in [0.15, 0.2) is 0 Å². The molecule has 1 aromatic rings. The zero-order valence-corrected chi connectivity index (χ0v) is 12.8. The first-order valence-corrected chi connectivity index (χ1v) is 7.44. The number of para-hydroxylation sites is 1. The Balaban J connectivity index is 2.21. The van der Waals surface area contributed by atoms with Gasteiger partial charge in [-0.3, -0.25) is 4.79 Å². The lowest BCUT2D eigenvalue weighted by molar-refractivity contribution is 0.0727. The van der Waals surface area contributed by atoms with Crippen molar-refractivity contribution in [3.05, 3.63) is 29.6 Å². The maximum atomic E-state index is 14.0. The summed E-state index contributed by atoms with van der Waals surface area (Å²) in [5.41, 5.74) is 0.196. The summed E-state index contributed by atoms with van der Waals surface area (Å²) in [5, 5.41) is 5.99. The van der Waals surface area contributed by atoms with E-state index in [1.54, 1.807) is 12.1 Å². The van der Waals surface area contributed by atoms with Crippen molar-refractivity contribution in [2.75, 3.05) is 18.5 Å². The molecule has 0 aliphatic carbocycles. The van der Waals surface area contributed by atoms with Gasteiger partial charge in [-0.15, -0.1) is 0 Å². The predicted octanol–water partition coefficient (Wildman–Crippen LogP) is 2.94. The molecule has 1 amide bonds. The number of carbonyl (C=O) groups excluding carboxylic acids is 1. The van der Waals surface area contributed by atoms with E-state index < -0.39 is 11.4 Å². The van der Waals surface area contributed by atoms with Crippen molar-refractivity contribution in [3.8, 4) is 0 Å². The molecule has 1 fully saturated rings. The summed E-state index contributed by atoms with van der Waals surface area (Å²) in [6.07, 6.45) is 1.56. The summed E-state index contributed by atoms with van der Waals surface area (Å²) in [5.74, 6) is -0.676. The molecule has 4 nitrogen and oxygen atoms in total. The summed E-state index contributed by atoms with van der Waals surface area (Å²) in [6, 6.07) is 4.55.